The van der Waals surface area contributed by atoms with Crippen molar-refractivity contribution in [1.82, 2.24) is 4.90 Å². The van der Waals surface area contributed by atoms with Crippen molar-refractivity contribution in [3.05, 3.63) is 59.7 Å². The Kier molecular flexibility index (Phi) is 5.74. The highest BCUT2D eigenvalue weighted by Crippen LogP contribution is 2.14. The SMILES string of the molecule is COc1cccc(CN(C)C(=O)COc2ccc(C=O)cc2)c1. The van der Waals surface area contributed by atoms with Gasteiger partial charge in [0.2, 0.25) is 0 Å². The first-order valence-corrected chi connectivity index (χ1v) is 7.17. The number of methoxy groups -OCH3 is 1. The summed E-state index contributed by atoms with van der Waals surface area (Å²) in [4.78, 5) is 24.3. The first-order chi connectivity index (χ1) is 11.1. The first kappa shape index (κ1) is 16.5. The minimum Gasteiger partial charge on any atom is -0.497 e. The van der Waals surface area contributed by atoms with Crippen LogP contribution >= 0.6 is 0 Å². The molecule has 120 valence electrons. The van der Waals surface area contributed by atoms with Gasteiger partial charge in [0.15, 0.2) is 6.61 Å². The van der Waals surface area contributed by atoms with Gasteiger partial charge in [-0.1, -0.05) is 12.1 Å². The molecule has 0 heterocycles. The Morgan fingerprint density at radius 3 is 2.52 bits per heavy atom. The van der Waals surface area contributed by atoms with Crippen molar-refractivity contribution < 1.29 is 19.1 Å². The molecule has 0 aliphatic carbocycles. The summed E-state index contributed by atoms with van der Waals surface area (Å²) in [6.07, 6.45) is 0.761. The molecule has 0 aliphatic heterocycles. The lowest BCUT2D eigenvalue weighted by Gasteiger charge is -2.18. The van der Waals surface area contributed by atoms with Crippen LogP contribution in [0.3, 0.4) is 0 Å². The molecule has 0 radical (unpaired) electrons. The zero-order valence-corrected chi connectivity index (χ0v) is 13.2. The number of hydrogen-bond acceptors (Lipinski definition) is 4. The van der Waals surface area contributed by atoms with Crippen LogP contribution in [-0.4, -0.2) is 37.9 Å². The fraction of sp³-hybridized carbons (Fsp3) is 0.222. The number of benzene rings is 2. The molecular weight excluding hydrogens is 294 g/mol. The zero-order valence-electron chi connectivity index (χ0n) is 13.2. The molecule has 0 saturated heterocycles. The molecule has 0 unspecified atom stereocenters. The van der Waals surface area contributed by atoms with Gasteiger partial charge in [-0.05, 0) is 42.0 Å². The van der Waals surface area contributed by atoms with Crippen LogP contribution in [0.5, 0.6) is 11.5 Å². The van der Waals surface area contributed by atoms with Crippen LogP contribution in [0.25, 0.3) is 0 Å². The molecule has 5 heteroatoms. The summed E-state index contributed by atoms with van der Waals surface area (Å²) in [5.41, 5.74) is 1.55. The second-order valence-electron chi connectivity index (χ2n) is 5.08. The molecule has 23 heavy (non-hydrogen) atoms. The Bertz CT molecular complexity index is 667. The predicted octanol–water partition coefficient (Wildman–Crippen LogP) is 2.55. The van der Waals surface area contributed by atoms with Crippen molar-refractivity contribution >= 4 is 12.2 Å². The highest BCUT2D eigenvalue weighted by molar-refractivity contribution is 5.77. The normalized spacial score (nSPS) is 10.0. The molecule has 0 fully saturated rings. The summed E-state index contributed by atoms with van der Waals surface area (Å²) in [5, 5.41) is 0. The van der Waals surface area contributed by atoms with Gasteiger partial charge in [-0.3, -0.25) is 9.59 Å². The van der Waals surface area contributed by atoms with Crippen molar-refractivity contribution in [3.63, 3.8) is 0 Å². The van der Waals surface area contributed by atoms with Crippen LogP contribution in [0.2, 0.25) is 0 Å². The van der Waals surface area contributed by atoms with Gasteiger partial charge in [-0.2, -0.15) is 0 Å². The topological polar surface area (TPSA) is 55.8 Å². The van der Waals surface area contributed by atoms with Gasteiger partial charge in [0.1, 0.15) is 17.8 Å². The van der Waals surface area contributed by atoms with Crippen LogP contribution in [0.4, 0.5) is 0 Å². The van der Waals surface area contributed by atoms with E-state index in [2.05, 4.69) is 0 Å². The summed E-state index contributed by atoms with van der Waals surface area (Å²) in [6, 6.07) is 14.2. The molecule has 0 aromatic heterocycles. The second-order valence-corrected chi connectivity index (χ2v) is 5.08. The average molecular weight is 313 g/mol. The third-order valence-corrected chi connectivity index (χ3v) is 3.36. The number of rotatable bonds is 7. The number of likely N-dealkylation sites (N-methyl/N-ethyl adjacent to an activating group) is 1. The number of hydrogen-bond donors (Lipinski definition) is 0. The van der Waals surface area contributed by atoms with Crippen LogP contribution < -0.4 is 9.47 Å². The summed E-state index contributed by atoms with van der Waals surface area (Å²) >= 11 is 0. The van der Waals surface area contributed by atoms with Gasteiger partial charge in [0.05, 0.1) is 7.11 Å². The average Bonchev–Trinajstić information content (AvgIpc) is 2.60. The maximum atomic E-state index is 12.1. The molecule has 0 N–H and O–H groups in total. The first-order valence-electron chi connectivity index (χ1n) is 7.17. The van der Waals surface area contributed by atoms with Crippen molar-refractivity contribution in [3.8, 4) is 11.5 Å². The molecule has 0 atom stereocenters. The molecule has 0 spiro atoms. The highest BCUT2D eigenvalue weighted by atomic mass is 16.5. The Hall–Kier alpha value is -2.82. The summed E-state index contributed by atoms with van der Waals surface area (Å²) in [6.45, 7) is 0.421. The highest BCUT2D eigenvalue weighted by Gasteiger charge is 2.10. The van der Waals surface area contributed by atoms with Crippen LogP contribution in [-0.2, 0) is 11.3 Å². The minimum atomic E-state index is -0.132. The van der Waals surface area contributed by atoms with Crippen LogP contribution in [0.15, 0.2) is 48.5 Å². The van der Waals surface area contributed by atoms with Gasteiger partial charge in [0, 0.05) is 19.2 Å². The fourth-order valence-corrected chi connectivity index (χ4v) is 2.03. The van der Waals surface area contributed by atoms with Crippen LogP contribution in [0.1, 0.15) is 15.9 Å². The molecule has 5 nitrogen and oxygen atoms in total. The predicted molar refractivity (Wildman–Crippen MR) is 86.8 cm³/mol. The lowest BCUT2D eigenvalue weighted by Crippen LogP contribution is -2.30. The van der Waals surface area contributed by atoms with E-state index in [1.54, 1.807) is 43.3 Å². The Labute approximate surface area is 135 Å². The van der Waals surface area contributed by atoms with Crippen molar-refractivity contribution in [1.29, 1.82) is 0 Å². The second kappa shape index (κ2) is 7.98. The van der Waals surface area contributed by atoms with Crippen molar-refractivity contribution in [2.45, 2.75) is 6.54 Å². The van der Waals surface area contributed by atoms with E-state index >= 15 is 0 Å². The Morgan fingerprint density at radius 2 is 1.87 bits per heavy atom. The lowest BCUT2D eigenvalue weighted by atomic mass is 10.2. The summed E-state index contributed by atoms with van der Waals surface area (Å²) in [5.74, 6) is 1.18. The van der Waals surface area contributed by atoms with E-state index in [0.717, 1.165) is 17.6 Å². The standard InChI is InChI=1S/C18H19NO4/c1-19(11-15-4-3-5-17(10-15)22-2)18(21)13-23-16-8-6-14(12-20)7-9-16/h3-10,12H,11,13H2,1-2H3. The Balaban J connectivity index is 1.87. The molecule has 2 aromatic carbocycles. The third-order valence-electron chi connectivity index (χ3n) is 3.36. The van der Waals surface area contributed by atoms with E-state index in [1.807, 2.05) is 24.3 Å². The summed E-state index contributed by atoms with van der Waals surface area (Å²) < 4.78 is 10.6. The van der Waals surface area contributed by atoms with Gasteiger partial charge in [-0.15, -0.1) is 0 Å². The van der Waals surface area contributed by atoms with Gasteiger partial charge < -0.3 is 14.4 Å². The monoisotopic (exact) mass is 313 g/mol. The molecule has 0 aliphatic rings. The zero-order chi connectivity index (χ0) is 16.7. The van der Waals surface area contributed by atoms with E-state index < -0.39 is 0 Å². The fourth-order valence-electron chi connectivity index (χ4n) is 2.03. The van der Waals surface area contributed by atoms with E-state index in [4.69, 9.17) is 9.47 Å². The number of carbonyl (C=O) groups is 2. The van der Waals surface area contributed by atoms with Crippen LogP contribution in [0, 0.1) is 0 Å². The smallest absolute Gasteiger partial charge is 0.260 e. The Morgan fingerprint density at radius 1 is 1.13 bits per heavy atom. The molecule has 0 saturated carbocycles. The molecule has 2 rings (SSSR count). The maximum absolute atomic E-state index is 12.1. The maximum Gasteiger partial charge on any atom is 0.260 e. The van der Waals surface area contributed by atoms with Crippen molar-refractivity contribution in [2.75, 3.05) is 20.8 Å². The molecule has 1 amide bonds. The number of amides is 1. The summed E-state index contributed by atoms with van der Waals surface area (Å²) in [7, 11) is 3.33. The lowest BCUT2D eigenvalue weighted by molar-refractivity contribution is -0.132. The number of ether oxygens (including phenoxy) is 2. The molecule has 2 aromatic rings. The van der Waals surface area contributed by atoms with E-state index in [-0.39, 0.29) is 12.5 Å². The van der Waals surface area contributed by atoms with Gasteiger partial charge >= 0.3 is 0 Å². The number of aldehydes is 1. The minimum absolute atomic E-state index is 0.0547. The van der Waals surface area contributed by atoms with E-state index in [9.17, 15) is 9.59 Å². The largest absolute Gasteiger partial charge is 0.497 e. The molecule has 0 bridgehead atoms. The van der Waals surface area contributed by atoms with E-state index in [1.165, 1.54) is 0 Å². The quantitative estimate of drug-likeness (QED) is 0.737. The number of carbonyl (C=O) groups excluding carboxylic acids is 2. The molecular formula is C18H19NO4. The van der Waals surface area contributed by atoms with Gasteiger partial charge in [-0.25, -0.2) is 0 Å². The third kappa shape index (κ3) is 4.85. The van der Waals surface area contributed by atoms with E-state index in [0.29, 0.717) is 17.9 Å². The van der Waals surface area contributed by atoms with Crippen molar-refractivity contribution in [2.24, 2.45) is 0 Å². The number of nitrogens with zero attached hydrogens (tertiary/aromatic N) is 1. The van der Waals surface area contributed by atoms with Gasteiger partial charge in [0.25, 0.3) is 5.91 Å².